The van der Waals surface area contributed by atoms with E-state index in [9.17, 15) is 0 Å². The van der Waals surface area contributed by atoms with Gasteiger partial charge in [0, 0.05) is 0 Å². The zero-order valence-electron chi connectivity index (χ0n) is 8.63. The molecule has 1 fully saturated rings. The molecule has 2 heteroatoms. The van der Waals surface area contributed by atoms with E-state index in [1.165, 1.54) is 12.3 Å². The molecule has 2 nitrogen and oxygen atoms in total. The van der Waals surface area contributed by atoms with Crippen molar-refractivity contribution in [3.63, 3.8) is 0 Å². The van der Waals surface area contributed by atoms with E-state index < -0.39 is 0 Å². The standard InChI is InChI=1S/C10H20NO/c1-8(2)11(9(3)4)10-6-5-7-12-10/h8-9H,5-7H2,1-4H3/q+1. The molecule has 0 atom stereocenters. The van der Waals surface area contributed by atoms with E-state index in [0.717, 1.165) is 13.0 Å². The van der Waals surface area contributed by atoms with Crippen LogP contribution in [0.1, 0.15) is 40.5 Å². The molecule has 0 bridgehead atoms. The zero-order chi connectivity index (χ0) is 9.14. The smallest absolute Gasteiger partial charge is 0.336 e. The lowest BCUT2D eigenvalue weighted by atomic mass is 10.2. The highest BCUT2D eigenvalue weighted by Crippen LogP contribution is 2.09. The Labute approximate surface area is 75.2 Å². The maximum absolute atomic E-state index is 5.58. The topological polar surface area (TPSA) is 12.2 Å². The molecule has 0 radical (unpaired) electrons. The third kappa shape index (κ3) is 1.99. The third-order valence-electron chi connectivity index (χ3n) is 2.20. The molecular weight excluding hydrogens is 150 g/mol. The SMILES string of the molecule is CC(C)[N+](=C1CCCO1)C(C)C. The minimum atomic E-state index is 0.554. The molecule has 12 heavy (non-hydrogen) atoms. The summed E-state index contributed by atoms with van der Waals surface area (Å²) in [5, 5.41) is 0. The summed E-state index contributed by atoms with van der Waals surface area (Å²) in [6, 6.07) is 1.11. The summed E-state index contributed by atoms with van der Waals surface area (Å²) in [7, 11) is 0. The van der Waals surface area contributed by atoms with Crippen LogP contribution in [0.3, 0.4) is 0 Å². The van der Waals surface area contributed by atoms with E-state index >= 15 is 0 Å². The second-order valence-electron chi connectivity index (χ2n) is 3.94. The van der Waals surface area contributed by atoms with Crippen LogP contribution in [0.15, 0.2) is 0 Å². The Bertz CT molecular complexity index is 164. The Morgan fingerprint density at radius 1 is 1.17 bits per heavy atom. The van der Waals surface area contributed by atoms with Gasteiger partial charge in [-0.15, -0.1) is 0 Å². The first kappa shape index (κ1) is 9.56. The summed E-state index contributed by atoms with van der Waals surface area (Å²) in [5.41, 5.74) is 0. The summed E-state index contributed by atoms with van der Waals surface area (Å²) in [4.78, 5) is 0. The summed E-state index contributed by atoms with van der Waals surface area (Å²) in [6.07, 6.45) is 2.31. The fourth-order valence-electron chi connectivity index (χ4n) is 1.86. The van der Waals surface area contributed by atoms with Gasteiger partial charge >= 0.3 is 5.90 Å². The van der Waals surface area contributed by atoms with Crippen molar-refractivity contribution in [3.05, 3.63) is 0 Å². The van der Waals surface area contributed by atoms with Crippen molar-refractivity contribution in [2.45, 2.75) is 52.6 Å². The number of hydrogen-bond donors (Lipinski definition) is 0. The lowest BCUT2D eigenvalue weighted by Crippen LogP contribution is -2.33. The van der Waals surface area contributed by atoms with Gasteiger partial charge in [-0.3, -0.25) is 0 Å². The van der Waals surface area contributed by atoms with Gasteiger partial charge in [0.05, 0.1) is 13.0 Å². The number of ether oxygens (including phenoxy) is 1. The number of nitrogens with zero attached hydrogens (tertiary/aromatic N) is 1. The minimum absolute atomic E-state index is 0.554. The minimum Gasteiger partial charge on any atom is -0.448 e. The molecule has 0 spiro atoms. The summed E-state index contributed by atoms with van der Waals surface area (Å²) in [5.74, 6) is 1.19. The van der Waals surface area contributed by atoms with E-state index in [2.05, 4.69) is 32.3 Å². The molecule has 0 aromatic rings. The van der Waals surface area contributed by atoms with E-state index in [4.69, 9.17) is 4.74 Å². The fraction of sp³-hybridized carbons (Fsp3) is 0.900. The average Bonchev–Trinajstić information content (AvgIpc) is 2.37. The van der Waals surface area contributed by atoms with Gasteiger partial charge < -0.3 is 4.74 Å². The van der Waals surface area contributed by atoms with Crippen LogP contribution in [0.4, 0.5) is 0 Å². The first-order valence-electron chi connectivity index (χ1n) is 4.90. The quantitative estimate of drug-likeness (QED) is 0.577. The van der Waals surface area contributed by atoms with Crippen LogP contribution in [-0.4, -0.2) is 29.2 Å². The lowest BCUT2D eigenvalue weighted by molar-refractivity contribution is -0.594. The summed E-state index contributed by atoms with van der Waals surface area (Å²) in [6.45, 7) is 9.78. The molecule has 0 aliphatic carbocycles. The van der Waals surface area contributed by atoms with Crippen molar-refractivity contribution in [2.75, 3.05) is 6.61 Å². The maximum Gasteiger partial charge on any atom is 0.336 e. The van der Waals surface area contributed by atoms with Crippen LogP contribution in [0, 0.1) is 0 Å². The van der Waals surface area contributed by atoms with Crippen molar-refractivity contribution >= 4 is 5.90 Å². The first-order chi connectivity index (χ1) is 5.63. The largest absolute Gasteiger partial charge is 0.448 e. The Kier molecular flexibility index (Phi) is 3.12. The van der Waals surface area contributed by atoms with Gasteiger partial charge in [-0.2, -0.15) is 4.58 Å². The third-order valence-corrected chi connectivity index (χ3v) is 2.20. The second kappa shape index (κ2) is 3.92. The van der Waals surface area contributed by atoms with Gasteiger partial charge in [-0.1, -0.05) is 0 Å². The van der Waals surface area contributed by atoms with Crippen LogP contribution < -0.4 is 0 Å². The van der Waals surface area contributed by atoms with Gasteiger partial charge in [-0.05, 0) is 34.1 Å². The molecular formula is C10H20NO+. The maximum atomic E-state index is 5.58. The van der Waals surface area contributed by atoms with E-state index in [0.29, 0.717) is 12.1 Å². The molecule has 70 valence electrons. The Morgan fingerprint density at radius 2 is 1.75 bits per heavy atom. The van der Waals surface area contributed by atoms with Crippen molar-refractivity contribution in [1.82, 2.24) is 0 Å². The molecule has 0 amide bonds. The van der Waals surface area contributed by atoms with Crippen LogP contribution >= 0.6 is 0 Å². The predicted octanol–water partition coefficient (Wildman–Crippen LogP) is 2.02. The molecule has 1 rings (SSSR count). The van der Waals surface area contributed by atoms with Gasteiger partial charge in [0.1, 0.15) is 0 Å². The molecule has 1 aliphatic rings. The zero-order valence-corrected chi connectivity index (χ0v) is 8.63. The van der Waals surface area contributed by atoms with Gasteiger partial charge in [0.15, 0.2) is 12.1 Å². The Balaban J connectivity index is 2.81. The molecule has 0 aromatic heterocycles. The van der Waals surface area contributed by atoms with Crippen molar-refractivity contribution < 1.29 is 9.31 Å². The Hall–Kier alpha value is -0.530. The average molecular weight is 170 g/mol. The molecule has 1 heterocycles. The van der Waals surface area contributed by atoms with Crippen LogP contribution in [0.2, 0.25) is 0 Å². The van der Waals surface area contributed by atoms with Crippen LogP contribution in [0.5, 0.6) is 0 Å². The Morgan fingerprint density at radius 3 is 2.08 bits per heavy atom. The number of hydrogen-bond acceptors (Lipinski definition) is 1. The first-order valence-corrected chi connectivity index (χ1v) is 4.90. The highest BCUT2D eigenvalue weighted by molar-refractivity contribution is 5.72. The lowest BCUT2D eigenvalue weighted by Gasteiger charge is -2.12. The molecule has 0 N–H and O–H groups in total. The highest BCUT2D eigenvalue weighted by atomic mass is 16.5. The monoisotopic (exact) mass is 170 g/mol. The summed E-state index contributed by atoms with van der Waals surface area (Å²) < 4.78 is 7.95. The van der Waals surface area contributed by atoms with Gasteiger partial charge in [0.2, 0.25) is 0 Å². The van der Waals surface area contributed by atoms with Gasteiger partial charge in [0.25, 0.3) is 0 Å². The van der Waals surface area contributed by atoms with E-state index in [-0.39, 0.29) is 0 Å². The van der Waals surface area contributed by atoms with E-state index in [1.807, 2.05) is 0 Å². The molecule has 0 aromatic carbocycles. The highest BCUT2D eigenvalue weighted by Gasteiger charge is 2.25. The van der Waals surface area contributed by atoms with Gasteiger partial charge in [-0.25, -0.2) is 0 Å². The second-order valence-corrected chi connectivity index (χ2v) is 3.94. The number of rotatable bonds is 2. The molecule has 0 saturated carbocycles. The van der Waals surface area contributed by atoms with Crippen molar-refractivity contribution in [3.8, 4) is 0 Å². The molecule has 0 unspecified atom stereocenters. The van der Waals surface area contributed by atoms with Crippen molar-refractivity contribution in [1.29, 1.82) is 0 Å². The summed E-state index contributed by atoms with van der Waals surface area (Å²) >= 11 is 0. The van der Waals surface area contributed by atoms with E-state index in [1.54, 1.807) is 0 Å². The predicted molar refractivity (Wildman–Crippen MR) is 50.7 cm³/mol. The molecule has 1 aliphatic heterocycles. The van der Waals surface area contributed by atoms with Crippen molar-refractivity contribution in [2.24, 2.45) is 0 Å². The molecule has 1 saturated heterocycles. The van der Waals surface area contributed by atoms with Crippen LogP contribution in [0.25, 0.3) is 0 Å². The normalized spacial score (nSPS) is 17.3. The van der Waals surface area contributed by atoms with Crippen LogP contribution in [-0.2, 0) is 4.74 Å². The fourth-order valence-corrected chi connectivity index (χ4v) is 1.86.